The van der Waals surface area contributed by atoms with Crippen molar-refractivity contribution >= 4 is 5.97 Å². The SMILES string of the molecule is CCCCCCCC/C=C(/CCCCCCCCCC)C(=O)O. The Kier molecular flexibility index (Phi) is 17.0. The van der Waals surface area contributed by atoms with Crippen LogP contribution in [0.4, 0.5) is 0 Å². The summed E-state index contributed by atoms with van der Waals surface area (Å²) < 4.78 is 0. The van der Waals surface area contributed by atoms with Crippen LogP contribution in [0, 0.1) is 0 Å². The highest BCUT2D eigenvalue weighted by Crippen LogP contribution is 2.15. The largest absolute Gasteiger partial charge is 0.478 e. The summed E-state index contributed by atoms with van der Waals surface area (Å²) in [5.41, 5.74) is 0.643. The lowest BCUT2D eigenvalue weighted by Gasteiger charge is -2.04. The Labute approximate surface area is 144 Å². The smallest absolute Gasteiger partial charge is 0.331 e. The van der Waals surface area contributed by atoms with Gasteiger partial charge in [0.1, 0.15) is 0 Å². The first-order valence-corrected chi connectivity index (χ1v) is 10.1. The van der Waals surface area contributed by atoms with E-state index in [0.29, 0.717) is 5.57 Å². The van der Waals surface area contributed by atoms with Crippen LogP contribution in [0.25, 0.3) is 0 Å². The van der Waals surface area contributed by atoms with Crippen LogP contribution >= 0.6 is 0 Å². The number of aliphatic carboxylic acids is 1. The molecule has 0 fully saturated rings. The second kappa shape index (κ2) is 17.6. The van der Waals surface area contributed by atoms with Crippen molar-refractivity contribution in [1.29, 1.82) is 0 Å². The quantitative estimate of drug-likeness (QED) is 0.225. The van der Waals surface area contributed by atoms with E-state index in [2.05, 4.69) is 13.8 Å². The number of carboxylic acids is 1. The molecule has 0 saturated carbocycles. The average Bonchev–Trinajstić information content (AvgIpc) is 2.54. The third kappa shape index (κ3) is 15.9. The van der Waals surface area contributed by atoms with Gasteiger partial charge in [-0.2, -0.15) is 0 Å². The molecule has 0 unspecified atom stereocenters. The van der Waals surface area contributed by atoms with Crippen molar-refractivity contribution in [2.24, 2.45) is 0 Å². The van der Waals surface area contributed by atoms with Crippen molar-refractivity contribution in [2.75, 3.05) is 0 Å². The maximum Gasteiger partial charge on any atom is 0.331 e. The molecule has 0 rings (SSSR count). The van der Waals surface area contributed by atoms with Gasteiger partial charge >= 0.3 is 5.97 Å². The summed E-state index contributed by atoms with van der Waals surface area (Å²) in [6, 6.07) is 0. The Bertz CT molecular complexity index is 294. The highest BCUT2D eigenvalue weighted by Gasteiger charge is 2.06. The molecule has 0 aliphatic rings. The molecular formula is C21H40O2. The average molecular weight is 325 g/mol. The maximum atomic E-state index is 11.3. The molecule has 0 saturated heterocycles. The first-order chi connectivity index (χ1) is 11.2. The van der Waals surface area contributed by atoms with Gasteiger partial charge in [0.15, 0.2) is 0 Å². The Hall–Kier alpha value is -0.790. The topological polar surface area (TPSA) is 37.3 Å². The molecule has 0 atom stereocenters. The molecule has 0 amide bonds. The van der Waals surface area contributed by atoms with Crippen LogP contribution < -0.4 is 0 Å². The zero-order valence-corrected chi connectivity index (χ0v) is 15.7. The molecule has 0 aliphatic heterocycles. The maximum absolute atomic E-state index is 11.3. The summed E-state index contributed by atoms with van der Waals surface area (Å²) in [5, 5.41) is 9.28. The van der Waals surface area contributed by atoms with Gasteiger partial charge in [0.25, 0.3) is 0 Å². The van der Waals surface area contributed by atoms with Crippen LogP contribution in [0.5, 0.6) is 0 Å². The van der Waals surface area contributed by atoms with E-state index in [1.54, 1.807) is 0 Å². The molecule has 0 aromatic carbocycles. The van der Waals surface area contributed by atoms with Gasteiger partial charge < -0.3 is 5.11 Å². The van der Waals surface area contributed by atoms with Crippen LogP contribution in [0.1, 0.15) is 117 Å². The minimum absolute atomic E-state index is 0.643. The monoisotopic (exact) mass is 324 g/mol. The Balaban J connectivity index is 3.65. The van der Waals surface area contributed by atoms with Crippen molar-refractivity contribution in [1.82, 2.24) is 0 Å². The molecule has 0 bridgehead atoms. The lowest BCUT2D eigenvalue weighted by molar-refractivity contribution is -0.132. The summed E-state index contributed by atoms with van der Waals surface area (Å²) in [6.07, 6.45) is 21.4. The number of hydrogen-bond acceptors (Lipinski definition) is 1. The number of carboxylic acid groups (broad SMARTS) is 1. The molecule has 2 nitrogen and oxygen atoms in total. The van der Waals surface area contributed by atoms with Crippen molar-refractivity contribution in [3.63, 3.8) is 0 Å². The molecule has 0 heterocycles. The summed E-state index contributed by atoms with van der Waals surface area (Å²) in [7, 11) is 0. The van der Waals surface area contributed by atoms with E-state index in [0.717, 1.165) is 25.7 Å². The zero-order chi connectivity index (χ0) is 17.2. The van der Waals surface area contributed by atoms with Crippen molar-refractivity contribution in [3.8, 4) is 0 Å². The van der Waals surface area contributed by atoms with Gasteiger partial charge in [-0.25, -0.2) is 4.79 Å². The van der Waals surface area contributed by atoms with Crippen LogP contribution in [-0.2, 0) is 4.79 Å². The van der Waals surface area contributed by atoms with Crippen LogP contribution in [-0.4, -0.2) is 11.1 Å². The van der Waals surface area contributed by atoms with E-state index in [1.165, 1.54) is 77.0 Å². The van der Waals surface area contributed by atoms with Crippen molar-refractivity contribution < 1.29 is 9.90 Å². The van der Waals surface area contributed by atoms with Crippen molar-refractivity contribution in [3.05, 3.63) is 11.6 Å². The normalized spacial score (nSPS) is 11.8. The summed E-state index contributed by atoms with van der Waals surface area (Å²) in [5.74, 6) is -0.709. The number of carbonyl (C=O) groups is 1. The summed E-state index contributed by atoms with van der Waals surface area (Å²) in [6.45, 7) is 4.47. The predicted octanol–water partition coefficient (Wildman–Crippen LogP) is 7.28. The van der Waals surface area contributed by atoms with Gasteiger partial charge in [-0.1, -0.05) is 97.0 Å². The van der Waals surface area contributed by atoms with Crippen molar-refractivity contribution in [2.45, 2.75) is 117 Å². The molecule has 0 aromatic heterocycles. The predicted molar refractivity (Wildman–Crippen MR) is 101 cm³/mol. The fourth-order valence-corrected chi connectivity index (χ4v) is 2.95. The third-order valence-electron chi connectivity index (χ3n) is 4.52. The summed E-state index contributed by atoms with van der Waals surface area (Å²) in [4.78, 5) is 11.3. The van der Waals surface area contributed by atoms with Crippen LogP contribution in [0.2, 0.25) is 0 Å². The van der Waals surface area contributed by atoms with Gasteiger partial charge in [-0.3, -0.25) is 0 Å². The Morgan fingerprint density at radius 1 is 0.696 bits per heavy atom. The first kappa shape index (κ1) is 22.2. The van der Waals surface area contributed by atoms with Gasteiger partial charge in [0, 0.05) is 5.57 Å². The number of rotatable bonds is 17. The molecule has 0 aliphatic carbocycles. The Morgan fingerprint density at radius 3 is 1.61 bits per heavy atom. The number of unbranched alkanes of at least 4 members (excludes halogenated alkanes) is 13. The van der Waals surface area contributed by atoms with Gasteiger partial charge in [-0.05, 0) is 25.7 Å². The minimum atomic E-state index is -0.709. The third-order valence-corrected chi connectivity index (χ3v) is 4.52. The van der Waals surface area contributed by atoms with Crippen LogP contribution in [0.15, 0.2) is 11.6 Å². The second-order valence-corrected chi connectivity index (χ2v) is 6.82. The molecule has 1 N–H and O–H groups in total. The molecule has 0 aromatic rings. The fourth-order valence-electron chi connectivity index (χ4n) is 2.95. The standard InChI is InChI=1S/C21H40O2/c1-3-5-7-9-11-13-15-17-19-20(21(22)23)18-16-14-12-10-8-6-4-2/h18H,3-17,19H2,1-2H3,(H,22,23)/b20-18-. The van der Waals surface area contributed by atoms with Gasteiger partial charge in [0.05, 0.1) is 0 Å². The summed E-state index contributed by atoms with van der Waals surface area (Å²) >= 11 is 0. The van der Waals surface area contributed by atoms with E-state index in [1.807, 2.05) is 6.08 Å². The molecular weight excluding hydrogens is 284 g/mol. The number of allylic oxidation sites excluding steroid dienone is 1. The molecule has 136 valence electrons. The molecule has 2 heteroatoms. The minimum Gasteiger partial charge on any atom is -0.478 e. The van der Waals surface area contributed by atoms with Gasteiger partial charge in [-0.15, -0.1) is 0 Å². The van der Waals surface area contributed by atoms with Gasteiger partial charge in [0.2, 0.25) is 0 Å². The lowest BCUT2D eigenvalue weighted by atomic mass is 10.0. The van der Waals surface area contributed by atoms with E-state index >= 15 is 0 Å². The lowest BCUT2D eigenvalue weighted by Crippen LogP contribution is -2.00. The zero-order valence-electron chi connectivity index (χ0n) is 15.7. The highest BCUT2D eigenvalue weighted by molar-refractivity contribution is 5.86. The van der Waals surface area contributed by atoms with E-state index in [4.69, 9.17) is 0 Å². The van der Waals surface area contributed by atoms with E-state index < -0.39 is 5.97 Å². The molecule has 0 radical (unpaired) electrons. The van der Waals surface area contributed by atoms with E-state index in [-0.39, 0.29) is 0 Å². The van der Waals surface area contributed by atoms with E-state index in [9.17, 15) is 9.90 Å². The highest BCUT2D eigenvalue weighted by atomic mass is 16.4. The Morgan fingerprint density at radius 2 is 1.13 bits per heavy atom. The first-order valence-electron chi connectivity index (χ1n) is 10.1. The fraction of sp³-hybridized carbons (Fsp3) is 0.857. The van der Waals surface area contributed by atoms with Crippen LogP contribution in [0.3, 0.4) is 0 Å². The molecule has 0 spiro atoms. The second-order valence-electron chi connectivity index (χ2n) is 6.82. The number of hydrogen-bond donors (Lipinski definition) is 1. The molecule has 23 heavy (non-hydrogen) atoms.